The molecule has 1 aromatic heterocycles. The van der Waals surface area contributed by atoms with Gasteiger partial charge >= 0.3 is 5.97 Å². The van der Waals surface area contributed by atoms with E-state index in [1.54, 1.807) is 25.1 Å². The predicted molar refractivity (Wildman–Crippen MR) is 75.6 cm³/mol. The van der Waals surface area contributed by atoms with Gasteiger partial charge in [-0.1, -0.05) is 12.1 Å². The number of carbonyl (C=O) groups excluding carboxylic acids is 1. The number of fused-ring (bicyclic) bond motifs is 1. The van der Waals surface area contributed by atoms with E-state index in [4.69, 9.17) is 5.11 Å². The van der Waals surface area contributed by atoms with Crippen LogP contribution in [0.25, 0.3) is 10.9 Å². The van der Waals surface area contributed by atoms with Crippen molar-refractivity contribution in [1.82, 2.24) is 9.88 Å². The Morgan fingerprint density at radius 1 is 1.33 bits per heavy atom. The number of hydrogen-bond donors (Lipinski definition) is 3. The number of aliphatic carboxylic acids is 1. The number of carboxylic acids is 1. The van der Waals surface area contributed by atoms with Crippen LogP contribution < -0.4 is 10.9 Å². The summed E-state index contributed by atoms with van der Waals surface area (Å²) in [7, 11) is 1.49. The van der Waals surface area contributed by atoms with Gasteiger partial charge in [-0.2, -0.15) is 0 Å². The van der Waals surface area contributed by atoms with Gasteiger partial charge in [0, 0.05) is 12.4 Å². The lowest BCUT2D eigenvalue weighted by Gasteiger charge is -2.13. The summed E-state index contributed by atoms with van der Waals surface area (Å²) in [5.74, 6) is -2.60. The highest BCUT2D eigenvalue weighted by Gasteiger charge is 2.21. The van der Waals surface area contributed by atoms with Crippen LogP contribution in [-0.2, 0) is 11.8 Å². The van der Waals surface area contributed by atoms with Crippen LogP contribution in [-0.4, -0.2) is 33.2 Å². The van der Waals surface area contributed by atoms with Crippen LogP contribution in [0.2, 0.25) is 0 Å². The number of carbonyl (C=O) groups is 2. The van der Waals surface area contributed by atoms with Crippen LogP contribution in [0, 0.1) is 6.92 Å². The van der Waals surface area contributed by atoms with Crippen LogP contribution >= 0.6 is 0 Å². The molecule has 0 saturated heterocycles. The van der Waals surface area contributed by atoms with E-state index in [0.717, 1.165) is 5.56 Å². The zero-order chi connectivity index (χ0) is 15.7. The number of aryl methyl sites for hydroxylation is 2. The Hall–Kier alpha value is -2.83. The molecule has 0 aliphatic carbocycles. The van der Waals surface area contributed by atoms with Crippen molar-refractivity contribution in [2.24, 2.45) is 7.05 Å². The maximum atomic E-state index is 12.2. The molecular weight excluding hydrogens is 276 g/mol. The monoisotopic (exact) mass is 290 g/mol. The zero-order valence-corrected chi connectivity index (χ0v) is 11.5. The van der Waals surface area contributed by atoms with E-state index in [-0.39, 0.29) is 0 Å². The Morgan fingerprint density at radius 2 is 2.00 bits per heavy atom. The lowest BCUT2D eigenvalue weighted by molar-refractivity contribution is -0.135. The van der Waals surface area contributed by atoms with Gasteiger partial charge in [-0.3, -0.25) is 14.4 Å². The summed E-state index contributed by atoms with van der Waals surface area (Å²) in [4.78, 5) is 34.6. The van der Waals surface area contributed by atoms with Crippen LogP contribution in [0.5, 0.6) is 5.75 Å². The summed E-state index contributed by atoms with van der Waals surface area (Å²) in [6, 6.07) is 5.07. The first-order chi connectivity index (χ1) is 9.84. The number of aromatic hydroxyl groups is 1. The predicted octanol–water partition coefficient (Wildman–Crippen LogP) is 0.367. The molecule has 0 radical (unpaired) electrons. The quantitative estimate of drug-likeness (QED) is 0.756. The zero-order valence-electron chi connectivity index (χ0n) is 11.5. The van der Waals surface area contributed by atoms with Gasteiger partial charge in [0.05, 0.1) is 5.52 Å². The van der Waals surface area contributed by atoms with Gasteiger partial charge in [0.2, 0.25) is 0 Å². The number of benzene rings is 1. The van der Waals surface area contributed by atoms with E-state index in [1.165, 1.54) is 11.6 Å². The molecule has 1 aromatic carbocycles. The number of para-hydroxylation sites is 1. The number of nitrogens with one attached hydrogen (secondary N) is 1. The molecule has 0 unspecified atom stereocenters. The number of pyridine rings is 1. The highest BCUT2D eigenvalue weighted by molar-refractivity contribution is 6.03. The SMILES string of the molecule is Cc1cccc2c(O)c(C(=O)NCC(=O)O)c(=O)n(C)c12. The molecule has 7 heteroatoms. The first kappa shape index (κ1) is 14.6. The van der Waals surface area contributed by atoms with Crippen molar-refractivity contribution in [3.8, 4) is 5.75 Å². The third-order valence-corrected chi connectivity index (χ3v) is 3.21. The molecule has 1 amide bonds. The second kappa shape index (κ2) is 5.28. The van der Waals surface area contributed by atoms with Crippen LogP contribution in [0.4, 0.5) is 0 Å². The van der Waals surface area contributed by atoms with Crippen molar-refractivity contribution in [2.45, 2.75) is 6.92 Å². The molecule has 110 valence electrons. The summed E-state index contributed by atoms with van der Waals surface area (Å²) in [5.41, 5.74) is 0.156. The van der Waals surface area contributed by atoms with E-state index < -0.39 is 35.3 Å². The summed E-state index contributed by atoms with van der Waals surface area (Å²) in [6.07, 6.45) is 0. The van der Waals surface area contributed by atoms with Gasteiger partial charge in [-0.05, 0) is 18.6 Å². The van der Waals surface area contributed by atoms with Gasteiger partial charge in [-0.25, -0.2) is 0 Å². The van der Waals surface area contributed by atoms with E-state index in [0.29, 0.717) is 10.9 Å². The molecule has 0 fully saturated rings. The van der Waals surface area contributed by atoms with Crippen molar-refractivity contribution in [3.05, 3.63) is 39.7 Å². The number of carboxylic acid groups (broad SMARTS) is 1. The van der Waals surface area contributed by atoms with Gasteiger partial charge in [-0.15, -0.1) is 0 Å². The number of hydrogen-bond acceptors (Lipinski definition) is 4. The summed E-state index contributed by atoms with van der Waals surface area (Å²) >= 11 is 0. The molecule has 0 bridgehead atoms. The maximum absolute atomic E-state index is 12.2. The minimum atomic E-state index is -1.24. The molecule has 1 heterocycles. The lowest BCUT2D eigenvalue weighted by atomic mass is 10.1. The van der Waals surface area contributed by atoms with Crippen molar-refractivity contribution >= 4 is 22.8 Å². The van der Waals surface area contributed by atoms with Gasteiger partial charge in [0.1, 0.15) is 17.9 Å². The number of amides is 1. The molecule has 2 aromatic rings. The summed E-state index contributed by atoms with van der Waals surface area (Å²) in [6.45, 7) is 1.15. The number of nitrogens with zero attached hydrogens (tertiary/aromatic N) is 1. The van der Waals surface area contributed by atoms with Gasteiger partial charge < -0.3 is 20.1 Å². The van der Waals surface area contributed by atoms with E-state index in [1.807, 2.05) is 0 Å². The highest BCUT2D eigenvalue weighted by atomic mass is 16.4. The first-order valence-electron chi connectivity index (χ1n) is 6.16. The van der Waals surface area contributed by atoms with Crippen molar-refractivity contribution in [3.63, 3.8) is 0 Å². The van der Waals surface area contributed by atoms with E-state index in [9.17, 15) is 19.5 Å². The van der Waals surface area contributed by atoms with Crippen LogP contribution in [0.1, 0.15) is 15.9 Å². The maximum Gasteiger partial charge on any atom is 0.322 e. The second-order valence-electron chi connectivity index (χ2n) is 4.64. The Kier molecular flexibility index (Phi) is 3.66. The topological polar surface area (TPSA) is 109 Å². The Bertz CT molecular complexity index is 807. The Labute approximate surface area is 119 Å². The summed E-state index contributed by atoms with van der Waals surface area (Å²) < 4.78 is 1.26. The van der Waals surface area contributed by atoms with E-state index in [2.05, 4.69) is 5.32 Å². The van der Waals surface area contributed by atoms with Crippen molar-refractivity contribution < 1.29 is 19.8 Å². The average molecular weight is 290 g/mol. The highest BCUT2D eigenvalue weighted by Crippen LogP contribution is 2.27. The molecule has 0 spiro atoms. The molecule has 0 atom stereocenters. The largest absolute Gasteiger partial charge is 0.506 e. The number of rotatable bonds is 3. The molecule has 7 nitrogen and oxygen atoms in total. The molecule has 0 saturated carbocycles. The fourth-order valence-corrected chi connectivity index (χ4v) is 2.25. The van der Waals surface area contributed by atoms with Crippen LogP contribution in [0.15, 0.2) is 23.0 Å². The fourth-order valence-electron chi connectivity index (χ4n) is 2.25. The molecule has 3 N–H and O–H groups in total. The Morgan fingerprint density at radius 3 is 2.62 bits per heavy atom. The van der Waals surface area contributed by atoms with Gasteiger partial charge in [0.15, 0.2) is 0 Å². The molecular formula is C14H14N2O5. The molecule has 2 rings (SSSR count). The second-order valence-corrected chi connectivity index (χ2v) is 4.64. The molecule has 0 aliphatic heterocycles. The fraction of sp³-hybridized carbons (Fsp3) is 0.214. The Balaban J connectivity index is 2.69. The minimum absolute atomic E-state index is 0.359. The number of aromatic nitrogens is 1. The third kappa shape index (κ3) is 2.45. The minimum Gasteiger partial charge on any atom is -0.506 e. The summed E-state index contributed by atoms with van der Waals surface area (Å²) in [5, 5.41) is 21.2. The van der Waals surface area contributed by atoms with Gasteiger partial charge in [0.25, 0.3) is 11.5 Å². The van der Waals surface area contributed by atoms with Crippen molar-refractivity contribution in [1.29, 1.82) is 0 Å². The normalized spacial score (nSPS) is 10.6. The van der Waals surface area contributed by atoms with E-state index >= 15 is 0 Å². The van der Waals surface area contributed by atoms with Crippen molar-refractivity contribution in [2.75, 3.05) is 6.54 Å². The molecule has 0 aliphatic rings. The molecule has 21 heavy (non-hydrogen) atoms. The third-order valence-electron chi connectivity index (χ3n) is 3.21. The first-order valence-corrected chi connectivity index (χ1v) is 6.16. The standard InChI is InChI=1S/C14H14N2O5/c1-7-4-3-5-8-11(7)16(2)14(21)10(12(8)19)13(20)15-6-9(17)18/h3-5,19H,6H2,1-2H3,(H,15,20)(H,17,18). The lowest BCUT2D eigenvalue weighted by Crippen LogP contribution is -2.35. The smallest absolute Gasteiger partial charge is 0.322 e. The average Bonchev–Trinajstić information content (AvgIpc) is 2.42. The van der Waals surface area contributed by atoms with Crippen LogP contribution in [0.3, 0.4) is 0 Å².